The first kappa shape index (κ1) is 24.5. The van der Waals surface area contributed by atoms with Crippen LogP contribution in [0.1, 0.15) is 52.5 Å². The second-order valence-electron chi connectivity index (χ2n) is 11.2. The molecular formula is C32H38N2O2. The lowest BCUT2D eigenvalue weighted by molar-refractivity contribution is -0.142. The molecule has 1 spiro atoms. The molecular weight excluding hydrogens is 462 g/mol. The number of para-hydroxylation sites is 1. The van der Waals surface area contributed by atoms with Gasteiger partial charge in [-0.2, -0.15) is 0 Å². The van der Waals surface area contributed by atoms with Crippen LogP contribution < -0.4 is 5.32 Å². The smallest absolute Gasteiger partial charge is 0.235 e. The predicted molar refractivity (Wildman–Crippen MR) is 146 cm³/mol. The van der Waals surface area contributed by atoms with Crippen molar-refractivity contribution in [3.8, 4) is 0 Å². The molecule has 4 nitrogen and oxygen atoms in total. The Balaban J connectivity index is 1.58. The molecule has 4 heteroatoms. The summed E-state index contributed by atoms with van der Waals surface area (Å²) in [6, 6.07) is 8.17. The van der Waals surface area contributed by atoms with E-state index in [2.05, 4.69) is 80.6 Å². The highest BCUT2D eigenvalue weighted by Crippen LogP contribution is 2.54. The molecule has 2 N–H and O–H groups in total. The Kier molecular flexibility index (Phi) is 6.63. The van der Waals surface area contributed by atoms with E-state index in [-0.39, 0.29) is 35.5 Å². The van der Waals surface area contributed by atoms with E-state index in [9.17, 15) is 9.59 Å². The van der Waals surface area contributed by atoms with E-state index in [1.54, 1.807) is 6.08 Å². The molecule has 2 aliphatic carbocycles. The lowest BCUT2D eigenvalue weighted by Gasteiger charge is -2.44. The molecule has 1 aromatic heterocycles. The third-order valence-corrected chi connectivity index (χ3v) is 8.79. The Hall–Kier alpha value is -3.14. The predicted octanol–water partition coefficient (Wildman–Crippen LogP) is 6.47. The zero-order chi connectivity index (χ0) is 25.4. The fraction of sp³-hybridized carbons (Fsp3) is 0.438. The standard InChI is InChI=1S/C32H38N2O2/c1-20-10-5-8-15-29(35)32-25(12-9-11-21(2)16-20)17-22(3)23(4)30(32)28(34-31(32)36)18-24-19-33-27-14-7-6-13-26(24)27/h6-9,12-17,19,21,23,25,28,30,33H,5,10-11,18H2,1-4H3,(H,34,36)/b12-9+,15-8+,20-16+/t21-,23+,25-,28-,30-,32+/m0/s1/i4+1,5+1,8+1,9+1,10+1,11+1,12+1,15+1,16+1,17+1,20+1,21+1,22+1,23+1,25+1,29+1,31+1,32+1. The van der Waals surface area contributed by atoms with Crippen LogP contribution in [0.3, 0.4) is 0 Å². The van der Waals surface area contributed by atoms with Crippen molar-refractivity contribution in [3.05, 3.63) is 83.6 Å². The van der Waals surface area contributed by atoms with Crippen LogP contribution >= 0.6 is 0 Å². The summed E-state index contributed by atoms with van der Waals surface area (Å²) in [4.78, 5) is 31.4. The first-order chi connectivity index (χ1) is 17.3. The number of aromatic nitrogens is 1. The van der Waals surface area contributed by atoms with Gasteiger partial charge in [0.1, 0.15) is 5.41 Å². The molecule has 6 atom stereocenters. The number of allylic oxidation sites excluding steroid dienone is 8. The minimum Gasteiger partial charge on any atom is -0.361 e. The van der Waals surface area contributed by atoms with Gasteiger partial charge in [-0.3, -0.25) is 9.59 Å². The zero-order valence-electron chi connectivity index (χ0n) is 21.9. The number of fused-ring (bicyclic) bond motifs is 1. The van der Waals surface area contributed by atoms with Crippen LogP contribution in [0.15, 0.2) is 78.1 Å². The normalized spacial score (nSPS) is 36.3. The third-order valence-electron chi connectivity index (χ3n) is 8.79. The first-order valence-corrected chi connectivity index (χ1v) is 13.4. The van der Waals surface area contributed by atoms with Gasteiger partial charge in [-0.25, -0.2) is 0 Å². The summed E-state index contributed by atoms with van der Waals surface area (Å²) in [5.74, 6) is 0.0208. The van der Waals surface area contributed by atoms with Gasteiger partial charge in [0.25, 0.3) is 0 Å². The van der Waals surface area contributed by atoms with Crippen molar-refractivity contribution in [1.29, 1.82) is 0 Å². The van der Waals surface area contributed by atoms with E-state index in [4.69, 9.17) is 0 Å². The summed E-state index contributed by atoms with van der Waals surface area (Å²) in [5, 5.41) is 4.50. The highest BCUT2D eigenvalue weighted by molar-refractivity contribution is 6.13. The van der Waals surface area contributed by atoms with Crippen molar-refractivity contribution in [2.75, 3.05) is 0 Å². The van der Waals surface area contributed by atoms with Gasteiger partial charge in [0, 0.05) is 35.0 Å². The van der Waals surface area contributed by atoms with Gasteiger partial charge in [0.15, 0.2) is 5.78 Å². The molecule has 0 bridgehead atoms. The number of nitrogens with one attached hydrogen (secondary N) is 2. The van der Waals surface area contributed by atoms with E-state index < -0.39 is 5.41 Å². The summed E-state index contributed by atoms with van der Waals surface area (Å²) in [7, 11) is 0. The van der Waals surface area contributed by atoms with Gasteiger partial charge in [0.05, 0.1) is 0 Å². The minimum atomic E-state index is -1.11. The number of aromatic amines is 1. The van der Waals surface area contributed by atoms with Crippen LogP contribution in [0.2, 0.25) is 0 Å². The Morgan fingerprint density at radius 2 is 1.86 bits per heavy atom. The molecule has 0 radical (unpaired) electrons. The van der Waals surface area contributed by atoms with Gasteiger partial charge in [0.2, 0.25) is 5.91 Å². The van der Waals surface area contributed by atoms with E-state index in [0.717, 1.165) is 24.8 Å². The molecule has 188 valence electrons. The largest absolute Gasteiger partial charge is 0.361 e. The first-order valence-electron chi connectivity index (χ1n) is 13.4. The number of carbonyl (C=O) groups excluding carboxylic acids is 2. The van der Waals surface area contributed by atoms with Gasteiger partial charge in [-0.1, -0.05) is 73.6 Å². The summed E-state index contributed by atoms with van der Waals surface area (Å²) in [6.45, 7) is 8.74. The highest BCUT2D eigenvalue weighted by Gasteiger charge is 2.64. The molecule has 1 saturated heterocycles. The number of benzene rings is 1. The molecule has 2 aromatic rings. The lowest BCUT2D eigenvalue weighted by Crippen LogP contribution is -2.51. The second kappa shape index (κ2) is 9.72. The lowest BCUT2D eigenvalue weighted by atomic mass is 9.98. The number of carbonyl (C=O) groups is 2. The maximum absolute atomic E-state index is 14.1. The van der Waals surface area contributed by atoms with E-state index in [1.165, 1.54) is 22.1 Å². The van der Waals surface area contributed by atoms with Crippen molar-refractivity contribution in [3.63, 3.8) is 0 Å². The minimum absolute atomic E-state index is 0.0504. The number of hydrogen-bond donors (Lipinski definition) is 2. The molecule has 1 amide bonds. The maximum Gasteiger partial charge on any atom is 0.235 e. The summed E-state index contributed by atoms with van der Waals surface area (Å²) in [5.41, 5.74) is 3.78. The van der Waals surface area contributed by atoms with Gasteiger partial charge in [-0.05, 0) is 69.1 Å². The van der Waals surface area contributed by atoms with Gasteiger partial charge >= 0.3 is 0 Å². The maximum atomic E-state index is 14.1. The second-order valence-corrected chi connectivity index (χ2v) is 11.2. The van der Waals surface area contributed by atoms with Crippen LogP contribution in [0.25, 0.3) is 10.9 Å². The molecule has 1 aromatic carbocycles. The number of ketones is 1. The molecule has 0 saturated carbocycles. The Morgan fingerprint density at radius 3 is 2.69 bits per heavy atom. The average molecular weight is 501 g/mol. The van der Waals surface area contributed by atoms with Crippen molar-refractivity contribution < 1.29 is 9.59 Å². The highest BCUT2D eigenvalue weighted by atomic mass is 16.3. The molecule has 3 aliphatic rings. The van der Waals surface area contributed by atoms with Gasteiger partial charge < -0.3 is 10.3 Å². The van der Waals surface area contributed by atoms with Crippen LogP contribution in [0, 0.1) is 29.1 Å². The summed E-state index contributed by atoms with van der Waals surface area (Å²) >= 11 is 0. The molecule has 0 unspecified atom stereocenters. The van der Waals surface area contributed by atoms with Crippen LogP contribution in [0.4, 0.5) is 0 Å². The van der Waals surface area contributed by atoms with E-state index >= 15 is 0 Å². The van der Waals surface area contributed by atoms with Crippen molar-refractivity contribution in [2.45, 2.75) is 59.4 Å². The average Bonchev–Trinajstić information content (AvgIpc) is 3.38. The monoisotopic (exact) mass is 500 g/mol. The quantitative estimate of drug-likeness (QED) is 0.282. The number of H-pyrrole nitrogens is 1. The van der Waals surface area contributed by atoms with Crippen molar-refractivity contribution in [1.82, 2.24) is 10.3 Å². The Labute approximate surface area is 214 Å². The topological polar surface area (TPSA) is 62.0 Å². The van der Waals surface area contributed by atoms with Crippen LogP contribution in [0.5, 0.6) is 0 Å². The van der Waals surface area contributed by atoms with E-state index in [0.29, 0.717) is 12.3 Å². The van der Waals surface area contributed by atoms with E-state index in [1.807, 2.05) is 18.2 Å². The number of amides is 1. The molecule has 36 heavy (non-hydrogen) atoms. The molecule has 2 heterocycles. The van der Waals surface area contributed by atoms with Gasteiger partial charge in [-0.15, -0.1) is 0 Å². The van der Waals surface area contributed by atoms with Crippen molar-refractivity contribution in [2.24, 2.45) is 29.1 Å². The SMILES string of the molecule is C[13C]1=[13CH][13C@@H]2/[13CH]=[13CH]/[13CH2][13C@H](C)/[13CH]=[13C](\C)[13CH2][13CH2]/[13CH]=[13CH]/[13C](=O)[13C@@]23[C@H]([C@H](Cc2c[nH]c4ccccc24)N[13C]3=O)[13C@@H]1[13CH3]. The third kappa shape index (κ3) is 4.11. The molecule has 5 rings (SSSR count). The number of rotatable bonds is 2. The van der Waals surface area contributed by atoms with Crippen molar-refractivity contribution >= 4 is 22.6 Å². The summed E-state index contributed by atoms with van der Waals surface area (Å²) < 4.78 is 0. The fourth-order valence-electron chi connectivity index (χ4n) is 6.89. The van der Waals surface area contributed by atoms with Crippen LogP contribution in [-0.4, -0.2) is 22.7 Å². The Morgan fingerprint density at radius 1 is 1.06 bits per heavy atom. The fourth-order valence-corrected chi connectivity index (χ4v) is 6.89. The van der Waals surface area contributed by atoms with Crippen LogP contribution in [-0.2, 0) is 16.0 Å². The zero-order valence-corrected chi connectivity index (χ0v) is 21.9. The summed E-state index contributed by atoms with van der Waals surface area (Å²) in [6.07, 6.45) is 17.9. The molecule has 1 aliphatic heterocycles. The number of hydrogen-bond acceptors (Lipinski definition) is 2. The Bertz CT molecular complexity index is 1290. The molecule has 1 fully saturated rings.